The van der Waals surface area contributed by atoms with Crippen LogP contribution < -0.4 is 4.90 Å². The van der Waals surface area contributed by atoms with Gasteiger partial charge in [-0.05, 0) is 37.1 Å². The van der Waals surface area contributed by atoms with E-state index in [1.165, 1.54) is 4.90 Å². The molecule has 0 aliphatic carbocycles. The number of benzene rings is 1. The van der Waals surface area contributed by atoms with E-state index in [2.05, 4.69) is 4.90 Å². The molecule has 25 heavy (non-hydrogen) atoms. The van der Waals surface area contributed by atoms with Crippen molar-refractivity contribution in [2.75, 3.05) is 31.2 Å². The summed E-state index contributed by atoms with van der Waals surface area (Å²) in [5.41, 5.74) is 2.91. The van der Waals surface area contributed by atoms with Crippen molar-refractivity contribution >= 4 is 17.5 Å². The molecule has 2 amide bonds. The van der Waals surface area contributed by atoms with Gasteiger partial charge in [0.25, 0.3) is 5.91 Å². The van der Waals surface area contributed by atoms with Crippen LogP contribution in [0.25, 0.3) is 0 Å². The number of likely N-dealkylation sites (tertiary alicyclic amines) is 1. The minimum absolute atomic E-state index is 0.113. The van der Waals surface area contributed by atoms with Crippen LogP contribution in [0.2, 0.25) is 0 Å². The summed E-state index contributed by atoms with van der Waals surface area (Å²) in [5.74, 6) is -0.694. The van der Waals surface area contributed by atoms with Gasteiger partial charge in [0.05, 0.1) is 31.4 Å². The highest BCUT2D eigenvalue weighted by Crippen LogP contribution is 2.34. The number of anilines is 1. The highest BCUT2D eigenvalue weighted by molar-refractivity contribution is 6.22. The molecule has 1 atom stereocenters. The standard InChI is InChI=1S/C19H24N2O4/c1-13-3-4-15(11-14(13)2)21-17(22)12-16(18(21)23)20-7-5-19(6-8-20)24-9-10-25-19/h3-4,11,16H,5-10,12H2,1-2H3/t16-/m0/s1. The van der Waals surface area contributed by atoms with E-state index in [0.29, 0.717) is 32.0 Å². The molecule has 134 valence electrons. The maximum Gasteiger partial charge on any atom is 0.251 e. The molecule has 1 aromatic rings. The molecular weight excluding hydrogens is 320 g/mol. The largest absolute Gasteiger partial charge is 0.347 e. The average Bonchev–Trinajstić information content (AvgIpc) is 3.16. The lowest BCUT2D eigenvalue weighted by Crippen LogP contribution is -2.51. The van der Waals surface area contributed by atoms with Gasteiger partial charge in [0.1, 0.15) is 0 Å². The van der Waals surface area contributed by atoms with Gasteiger partial charge in [-0.1, -0.05) is 6.07 Å². The Balaban J connectivity index is 1.48. The lowest BCUT2D eigenvalue weighted by atomic mass is 10.0. The number of piperidine rings is 1. The van der Waals surface area contributed by atoms with Crippen LogP contribution in [0.1, 0.15) is 30.4 Å². The Morgan fingerprint density at radius 2 is 1.72 bits per heavy atom. The fourth-order valence-electron chi connectivity index (χ4n) is 4.00. The topological polar surface area (TPSA) is 59.1 Å². The molecule has 6 heteroatoms. The Labute approximate surface area is 147 Å². The molecule has 0 radical (unpaired) electrons. The summed E-state index contributed by atoms with van der Waals surface area (Å²) in [6, 6.07) is 5.36. The van der Waals surface area contributed by atoms with E-state index < -0.39 is 5.79 Å². The van der Waals surface area contributed by atoms with Gasteiger partial charge < -0.3 is 9.47 Å². The molecule has 3 heterocycles. The number of ether oxygens (including phenoxy) is 2. The Hall–Kier alpha value is -1.76. The van der Waals surface area contributed by atoms with Crippen molar-refractivity contribution in [2.45, 2.75) is 44.9 Å². The first-order valence-corrected chi connectivity index (χ1v) is 8.95. The summed E-state index contributed by atoms with van der Waals surface area (Å²) >= 11 is 0. The van der Waals surface area contributed by atoms with E-state index in [1.54, 1.807) is 0 Å². The van der Waals surface area contributed by atoms with E-state index in [-0.39, 0.29) is 24.3 Å². The number of nitrogens with zero attached hydrogens (tertiary/aromatic N) is 2. The number of amides is 2. The van der Waals surface area contributed by atoms with Crippen molar-refractivity contribution in [3.63, 3.8) is 0 Å². The highest BCUT2D eigenvalue weighted by Gasteiger charge is 2.47. The first kappa shape index (κ1) is 16.7. The van der Waals surface area contributed by atoms with E-state index in [0.717, 1.165) is 24.0 Å². The van der Waals surface area contributed by atoms with Crippen LogP contribution in [0.3, 0.4) is 0 Å². The van der Waals surface area contributed by atoms with Gasteiger partial charge in [-0.3, -0.25) is 14.5 Å². The molecule has 0 N–H and O–H groups in total. The molecule has 0 bridgehead atoms. The highest BCUT2D eigenvalue weighted by atomic mass is 16.7. The normalized spacial score (nSPS) is 26.8. The zero-order chi connectivity index (χ0) is 17.6. The molecule has 3 saturated heterocycles. The number of aryl methyl sites for hydroxylation is 2. The zero-order valence-electron chi connectivity index (χ0n) is 14.8. The second kappa shape index (κ2) is 6.20. The van der Waals surface area contributed by atoms with Crippen molar-refractivity contribution in [1.29, 1.82) is 0 Å². The van der Waals surface area contributed by atoms with Crippen LogP contribution in [0, 0.1) is 13.8 Å². The summed E-state index contributed by atoms with van der Waals surface area (Å²) in [4.78, 5) is 28.9. The molecule has 0 aromatic heterocycles. The average molecular weight is 344 g/mol. The van der Waals surface area contributed by atoms with Gasteiger partial charge in [0.15, 0.2) is 5.79 Å². The third-order valence-electron chi connectivity index (χ3n) is 5.69. The maximum atomic E-state index is 12.9. The van der Waals surface area contributed by atoms with Crippen LogP contribution in [0.4, 0.5) is 5.69 Å². The summed E-state index contributed by atoms with van der Waals surface area (Å²) in [7, 11) is 0. The minimum Gasteiger partial charge on any atom is -0.347 e. The van der Waals surface area contributed by atoms with Crippen molar-refractivity contribution in [1.82, 2.24) is 4.90 Å². The summed E-state index contributed by atoms with van der Waals surface area (Å²) < 4.78 is 11.5. The third kappa shape index (κ3) is 2.88. The van der Waals surface area contributed by atoms with Crippen LogP contribution in [0.15, 0.2) is 18.2 Å². The fourth-order valence-corrected chi connectivity index (χ4v) is 4.00. The second-order valence-corrected chi connectivity index (χ2v) is 7.20. The molecule has 1 aromatic carbocycles. The molecule has 3 fully saturated rings. The molecule has 0 saturated carbocycles. The predicted molar refractivity (Wildman–Crippen MR) is 92.3 cm³/mol. The molecule has 3 aliphatic rings. The Kier molecular flexibility index (Phi) is 4.14. The number of carbonyl (C=O) groups excluding carboxylic acids is 2. The summed E-state index contributed by atoms with van der Waals surface area (Å²) in [6.45, 7) is 6.72. The lowest BCUT2D eigenvalue weighted by molar-refractivity contribution is -0.188. The maximum absolute atomic E-state index is 12.9. The predicted octanol–water partition coefficient (Wildman–Crippen LogP) is 1.77. The second-order valence-electron chi connectivity index (χ2n) is 7.20. The molecular formula is C19H24N2O4. The number of imide groups is 1. The van der Waals surface area contributed by atoms with Gasteiger partial charge in [0, 0.05) is 25.9 Å². The zero-order valence-corrected chi connectivity index (χ0v) is 14.8. The molecule has 4 rings (SSSR count). The first-order chi connectivity index (χ1) is 12.0. The monoisotopic (exact) mass is 344 g/mol. The van der Waals surface area contributed by atoms with Crippen molar-refractivity contribution in [3.05, 3.63) is 29.3 Å². The van der Waals surface area contributed by atoms with Gasteiger partial charge in [-0.2, -0.15) is 0 Å². The Morgan fingerprint density at radius 1 is 1.04 bits per heavy atom. The van der Waals surface area contributed by atoms with Gasteiger partial charge in [0.2, 0.25) is 5.91 Å². The van der Waals surface area contributed by atoms with Crippen molar-refractivity contribution < 1.29 is 19.1 Å². The lowest BCUT2D eigenvalue weighted by Gasteiger charge is -2.39. The Morgan fingerprint density at radius 3 is 2.36 bits per heavy atom. The third-order valence-corrected chi connectivity index (χ3v) is 5.69. The fraction of sp³-hybridized carbons (Fsp3) is 0.579. The van der Waals surface area contributed by atoms with Crippen molar-refractivity contribution in [2.24, 2.45) is 0 Å². The van der Waals surface area contributed by atoms with Crippen LogP contribution in [-0.4, -0.2) is 54.8 Å². The number of hydrogen-bond acceptors (Lipinski definition) is 5. The van der Waals surface area contributed by atoms with Crippen LogP contribution in [0.5, 0.6) is 0 Å². The minimum atomic E-state index is -0.462. The number of rotatable bonds is 2. The molecule has 3 aliphatic heterocycles. The van der Waals surface area contributed by atoms with Gasteiger partial charge in [-0.15, -0.1) is 0 Å². The Bertz CT molecular complexity index is 701. The van der Waals surface area contributed by atoms with Gasteiger partial charge in [-0.25, -0.2) is 4.90 Å². The van der Waals surface area contributed by atoms with E-state index in [4.69, 9.17) is 9.47 Å². The molecule has 1 spiro atoms. The first-order valence-electron chi connectivity index (χ1n) is 8.95. The summed E-state index contributed by atoms with van der Waals surface area (Å²) in [6.07, 6.45) is 1.74. The summed E-state index contributed by atoms with van der Waals surface area (Å²) in [5, 5.41) is 0. The van der Waals surface area contributed by atoms with Crippen LogP contribution in [-0.2, 0) is 19.1 Å². The number of hydrogen-bond donors (Lipinski definition) is 0. The number of carbonyl (C=O) groups is 2. The van der Waals surface area contributed by atoms with E-state index in [1.807, 2.05) is 32.0 Å². The van der Waals surface area contributed by atoms with E-state index >= 15 is 0 Å². The van der Waals surface area contributed by atoms with Gasteiger partial charge >= 0.3 is 0 Å². The van der Waals surface area contributed by atoms with Crippen molar-refractivity contribution in [3.8, 4) is 0 Å². The molecule has 6 nitrogen and oxygen atoms in total. The quantitative estimate of drug-likeness (QED) is 0.766. The van der Waals surface area contributed by atoms with Crippen LogP contribution >= 0.6 is 0 Å². The van der Waals surface area contributed by atoms with E-state index in [9.17, 15) is 9.59 Å². The smallest absolute Gasteiger partial charge is 0.251 e. The molecule has 0 unspecified atom stereocenters. The SMILES string of the molecule is Cc1ccc(N2C(=O)C[C@H](N3CCC4(CC3)OCCO4)C2=O)cc1C.